The Morgan fingerprint density at radius 2 is 1.92 bits per heavy atom. The lowest BCUT2D eigenvalue weighted by atomic mass is 9.86. The molecule has 5 nitrogen and oxygen atoms in total. The van der Waals surface area contributed by atoms with Gasteiger partial charge in [-0.3, -0.25) is 4.79 Å². The minimum Gasteiger partial charge on any atom is -0.480 e. The van der Waals surface area contributed by atoms with Crippen LogP contribution in [0.5, 0.6) is 0 Å². The molecular weight excluding hydrogens is 314 g/mol. The molecule has 25 heavy (non-hydrogen) atoms. The molecule has 5 heteroatoms. The van der Waals surface area contributed by atoms with Crippen LogP contribution in [0.3, 0.4) is 0 Å². The number of anilines is 2. The van der Waals surface area contributed by atoms with Crippen molar-refractivity contribution in [3.05, 3.63) is 30.0 Å². The Bertz CT molecular complexity index is 789. The van der Waals surface area contributed by atoms with Gasteiger partial charge in [-0.15, -0.1) is 0 Å². The Morgan fingerprint density at radius 3 is 2.52 bits per heavy atom. The first kappa shape index (κ1) is 17.5. The lowest BCUT2D eigenvalue weighted by Crippen LogP contribution is -2.26. The van der Waals surface area contributed by atoms with Crippen LogP contribution in [0.4, 0.5) is 11.5 Å². The van der Waals surface area contributed by atoms with Gasteiger partial charge in [-0.25, -0.2) is 4.98 Å². The molecule has 1 aromatic carbocycles. The van der Waals surface area contributed by atoms with E-state index >= 15 is 0 Å². The monoisotopic (exact) mass is 341 g/mol. The van der Waals surface area contributed by atoms with Gasteiger partial charge in [0.2, 0.25) is 0 Å². The summed E-state index contributed by atoms with van der Waals surface area (Å²) in [5.41, 5.74) is 2.41. The summed E-state index contributed by atoms with van der Waals surface area (Å²) in [6, 6.07) is 6.53. The van der Waals surface area contributed by atoms with Gasteiger partial charge in [0.05, 0.1) is 11.9 Å². The Balaban J connectivity index is 2.18. The number of pyridine rings is 1. The molecule has 0 bridgehead atoms. The largest absolute Gasteiger partial charge is 0.480 e. The smallest absolute Gasteiger partial charge is 0.323 e. The second-order valence-corrected chi connectivity index (χ2v) is 7.92. The maximum absolute atomic E-state index is 11.1. The fourth-order valence-corrected chi connectivity index (χ4v) is 3.47. The zero-order valence-corrected chi connectivity index (χ0v) is 15.5. The van der Waals surface area contributed by atoms with E-state index in [1.54, 1.807) is 11.9 Å². The van der Waals surface area contributed by atoms with Gasteiger partial charge in [0.15, 0.2) is 0 Å². The normalized spacial score (nSPS) is 15.0. The Labute approximate surface area is 149 Å². The van der Waals surface area contributed by atoms with Crippen molar-refractivity contribution >= 4 is 28.2 Å². The summed E-state index contributed by atoms with van der Waals surface area (Å²) >= 11 is 0. The van der Waals surface area contributed by atoms with Crippen molar-refractivity contribution in [2.24, 2.45) is 0 Å². The average molecular weight is 341 g/mol. The summed E-state index contributed by atoms with van der Waals surface area (Å²) in [4.78, 5) is 19.9. The van der Waals surface area contributed by atoms with Gasteiger partial charge >= 0.3 is 5.97 Å². The zero-order valence-electron chi connectivity index (χ0n) is 15.5. The van der Waals surface area contributed by atoms with Crippen LogP contribution in [0.2, 0.25) is 0 Å². The van der Waals surface area contributed by atoms with E-state index in [9.17, 15) is 4.79 Å². The van der Waals surface area contributed by atoms with Gasteiger partial charge in [-0.2, -0.15) is 0 Å². The molecule has 1 aliphatic rings. The molecule has 1 aliphatic heterocycles. The molecular formula is C20H27N3O2. The van der Waals surface area contributed by atoms with Crippen molar-refractivity contribution in [2.75, 3.05) is 36.5 Å². The van der Waals surface area contributed by atoms with Crippen molar-refractivity contribution in [1.82, 2.24) is 4.98 Å². The molecule has 1 saturated heterocycles. The number of carboxylic acids is 1. The van der Waals surface area contributed by atoms with Gasteiger partial charge in [0.25, 0.3) is 0 Å². The van der Waals surface area contributed by atoms with Gasteiger partial charge in [-0.05, 0) is 29.9 Å². The molecule has 134 valence electrons. The topological polar surface area (TPSA) is 56.7 Å². The summed E-state index contributed by atoms with van der Waals surface area (Å²) in [5.74, 6) is -0.125. The third kappa shape index (κ3) is 3.55. The van der Waals surface area contributed by atoms with Crippen LogP contribution in [-0.4, -0.2) is 42.7 Å². The summed E-state index contributed by atoms with van der Waals surface area (Å²) in [6.07, 6.45) is 4.32. The summed E-state index contributed by atoms with van der Waals surface area (Å²) in [6.45, 7) is 8.61. The van der Waals surface area contributed by atoms with Crippen molar-refractivity contribution in [3.8, 4) is 0 Å². The van der Waals surface area contributed by atoms with E-state index in [0.717, 1.165) is 35.4 Å². The highest BCUT2D eigenvalue weighted by Gasteiger charge is 2.21. The second kappa shape index (κ2) is 6.54. The number of aliphatic carboxylic acids is 1. The van der Waals surface area contributed by atoms with E-state index in [2.05, 4.69) is 48.9 Å². The standard InChI is InChI=1S/C20H27N3O2/c1-20(2,3)14-7-8-15-16(11-14)19(22(4)13-18(24)25)21-12-17(15)23-9-5-6-10-23/h7-8,11-12H,5-6,9-10,13H2,1-4H3,(H,24,25). The SMILES string of the molecule is CN(CC(=O)O)c1ncc(N2CCCC2)c2ccc(C(C)(C)C)cc12. The van der Waals surface area contributed by atoms with Crippen LogP contribution in [0, 0.1) is 0 Å². The lowest BCUT2D eigenvalue weighted by Gasteiger charge is -2.25. The highest BCUT2D eigenvalue weighted by molar-refractivity contribution is 6.01. The number of carboxylic acid groups (broad SMARTS) is 1. The quantitative estimate of drug-likeness (QED) is 0.920. The van der Waals surface area contributed by atoms with Crippen molar-refractivity contribution < 1.29 is 9.90 Å². The first-order valence-electron chi connectivity index (χ1n) is 8.88. The van der Waals surface area contributed by atoms with E-state index in [0.29, 0.717) is 0 Å². The minimum atomic E-state index is -0.854. The second-order valence-electron chi connectivity index (χ2n) is 7.92. The molecule has 0 amide bonds. The van der Waals surface area contributed by atoms with E-state index in [4.69, 9.17) is 5.11 Å². The number of aromatic nitrogens is 1. The number of hydrogen-bond acceptors (Lipinski definition) is 4. The van der Waals surface area contributed by atoms with Crippen LogP contribution in [-0.2, 0) is 10.2 Å². The Morgan fingerprint density at radius 1 is 1.24 bits per heavy atom. The van der Waals surface area contributed by atoms with Gasteiger partial charge in [0.1, 0.15) is 12.4 Å². The van der Waals surface area contributed by atoms with Crippen molar-refractivity contribution in [3.63, 3.8) is 0 Å². The molecule has 1 aromatic heterocycles. The average Bonchev–Trinajstić information content (AvgIpc) is 3.05. The predicted molar refractivity (Wildman–Crippen MR) is 103 cm³/mol. The molecule has 0 saturated carbocycles. The third-order valence-electron chi connectivity index (χ3n) is 4.89. The van der Waals surface area contributed by atoms with E-state index in [-0.39, 0.29) is 12.0 Å². The first-order chi connectivity index (χ1) is 11.8. The van der Waals surface area contributed by atoms with Crippen molar-refractivity contribution in [1.29, 1.82) is 0 Å². The maximum Gasteiger partial charge on any atom is 0.323 e. The number of carbonyl (C=O) groups is 1. The molecule has 0 unspecified atom stereocenters. The molecule has 1 N–H and O–H groups in total. The fraction of sp³-hybridized carbons (Fsp3) is 0.500. The van der Waals surface area contributed by atoms with Gasteiger partial charge < -0.3 is 14.9 Å². The van der Waals surface area contributed by atoms with Crippen molar-refractivity contribution in [2.45, 2.75) is 39.0 Å². The molecule has 0 spiro atoms. The molecule has 1 fully saturated rings. The summed E-state index contributed by atoms with van der Waals surface area (Å²) < 4.78 is 0. The van der Waals surface area contributed by atoms with E-state index in [1.165, 1.54) is 18.4 Å². The highest BCUT2D eigenvalue weighted by atomic mass is 16.4. The van der Waals surface area contributed by atoms with Gasteiger partial charge in [0, 0.05) is 30.9 Å². The molecule has 0 radical (unpaired) electrons. The Hall–Kier alpha value is -2.30. The molecule has 0 aliphatic carbocycles. The van der Waals surface area contributed by atoms with E-state index < -0.39 is 5.97 Å². The number of nitrogens with zero attached hydrogens (tertiary/aromatic N) is 3. The van der Waals surface area contributed by atoms with Crippen LogP contribution >= 0.6 is 0 Å². The highest BCUT2D eigenvalue weighted by Crippen LogP contribution is 2.36. The minimum absolute atomic E-state index is 0.0283. The summed E-state index contributed by atoms with van der Waals surface area (Å²) in [7, 11) is 1.79. The zero-order chi connectivity index (χ0) is 18.2. The van der Waals surface area contributed by atoms with Crippen LogP contribution in [0.1, 0.15) is 39.2 Å². The predicted octanol–water partition coefficient (Wildman–Crippen LogP) is 3.65. The third-order valence-corrected chi connectivity index (χ3v) is 4.89. The first-order valence-corrected chi connectivity index (χ1v) is 8.88. The fourth-order valence-electron chi connectivity index (χ4n) is 3.47. The van der Waals surface area contributed by atoms with Gasteiger partial charge in [-0.1, -0.05) is 32.9 Å². The molecule has 2 heterocycles. The molecule has 2 aromatic rings. The van der Waals surface area contributed by atoms with Crippen LogP contribution in [0.15, 0.2) is 24.4 Å². The number of fused-ring (bicyclic) bond motifs is 1. The number of benzene rings is 1. The number of rotatable bonds is 4. The number of likely N-dealkylation sites (N-methyl/N-ethyl adjacent to an activating group) is 1. The van der Waals surface area contributed by atoms with Crippen LogP contribution < -0.4 is 9.80 Å². The van der Waals surface area contributed by atoms with E-state index in [1.807, 2.05) is 6.20 Å². The molecule has 0 atom stereocenters. The molecule has 3 rings (SSSR count). The van der Waals surface area contributed by atoms with Crippen LogP contribution in [0.25, 0.3) is 10.8 Å². The maximum atomic E-state index is 11.1. The summed E-state index contributed by atoms with van der Waals surface area (Å²) in [5, 5.41) is 11.3. The lowest BCUT2D eigenvalue weighted by molar-refractivity contribution is -0.135. The Kier molecular flexibility index (Phi) is 4.58. The number of hydrogen-bond donors (Lipinski definition) is 1.